The first kappa shape index (κ1) is 19.2. The number of benzene rings is 3. The number of carbonyl (C=O) groups is 1. The Kier molecular flexibility index (Phi) is 5.93. The number of hydrogen-bond acceptors (Lipinski definition) is 5. The van der Waals surface area contributed by atoms with Crippen molar-refractivity contribution >= 4 is 46.0 Å². The van der Waals surface area contributed by atoms with Gasteiger partial charge in [-0.25, -0.2) is 9.97 Å². The van der Waals surface area contributed by atoms with Crippen LogP contribution in [0.2, 0.25) is 5.02 Å². The molecule has 0 saturated heterocycles. The molecule has 1 aromatic heterocycles. The molecule has 0 aliphatic carbocycles. The van der Waals surface area contributed by atoms with Crippen molar-refractivity contribution in [2.45, 2.75) is 9.79 Å². The Morgan fingerprint density at radius 2 is 1.69 bits per heavy atom. The van der Waals surface area contributed by atoms with Crippen LogP contribution in [0.1, 0.15) is 0 Å². The molecule has 29 heavy (non-hydrogen) atoms. The lowest BCUT2D eigenvalue weighted by atomic mass is 10.3. The van der Waals surface area contributed by atoms with E-state index < -0.39 is 0 Å². The number of halogens is 1. The topological polar surface area (TPSA) is 64.1 Å². The van der Waals surface area contributed by atoms with Crippen molar-refractivity contribution in [2.24, 2.45) is 0 Å². The number of para-hydroxylation sites is 3. The molecular formula is C22H16ClN3O2S. The van der Waals surface area contributed by atoms with Crippen molar-refractivity contribution in [3.63, 3.8) is 0 Å². The van der Waals surface area contributed by atoms with E-state index in [1.165, 1.54) is 6.20 Å². The summed E-state index contributed by atoms with van der Waals surface area (Å²) in [4.78, 5) is 23.0. The lowest BCUT2D eigenvalue weighted by Gasteiger charge is -2.11. The van der Waals surface area contributed by atoms with Crippen molar-refractivity contribution in [1.29, 1.82) is 0 Å². The molecule has 0 saturated carbocycles. The molecule has 4 rings (SSSR count). The van der Waals surface area contributed by atoms with Gasteiger partial charge in [-0.15, -0.1) is 0 Å². The molecule has 7 heteroatoms. The molecule has 0 unspecified atom stereocenters. The lowest BCUT2D eigenvalue weighted by Crippen LogP contribution is -2.20. The van der Waals surface area contributed by atoms with Crippen molar-refractivity contribution in [3.8, 4) is 5.88 Å². The van der Waals surface area contributed by atoms with Gasteiger partial charge in [0.15, 0.2) is 6.61 Å². The SMILES string of the molecule is O=C(COc1cnc2ccccc2n1)Nc1ccccc1Sc1ccc(Cl)cc1. The highest BCUT2D eigenvalue weighted by atomic mass is 35.5. The van der Waals surface area contributed by atoms with Crippen molar-refractivity contribution in [1.82, 2.24) is 9.97 Å². The van der Waals surface area contributed by atoms with Crippen LogP contribution in [-0.4, -0.2) is 22.5 Å². The highest BCUT2D eigenvalue weighted by Gasteiger charge is 2.10. The van der Waals surface area contributed by atoms with Gasteiger partial charge in [-0.2, -0.15) is 0 Å². The number of amides is 1. The summed E-state index contributed by atoms with van der Waals surface area (Å²) in [6, 6.07) is 22.6. The predicted molar refractivity (Wildman–Crippen MR) is 116 cm³/mol. The van der Waals surface area contributed by atoms with E-state index in [4.69, 9.17) is 16.3 Å². The Bertz CT molecular complexity index is 1150. The Morgan fingerprint density at radius 3 is 2.52 bits per heavy atom. The minimum Gasteiger partial charge on any atom is -0.466 e. The molecule has 1 N–H and O–H groups in total. The Balaban J connectivity index is 1.40. The number of nitrogens with zero attached hydrogens (tertiary/aromatic N) is 2. The van der Waals surface area contributed by atoms with E-state index in [0.29, 0.717) is 16.6 Å². The van der Waals surface area contributed by atoms with Crippen molar-refractivity contribution < 1.29 is 9.53 Å². The Labute approximate surface area is 177 Å². The predicted octanol–water partition coefficient (Wildman–Crippen LogP) is 5.45. The minimum absolute atomic E-state index is 0.160. The number of nitrogens with one attached hydrogen (secondary N) is 1. The third-order valence-electron chi connectivity index (χ3n) is 3.98. The molecule has 1 amide bonds. The molecule has 4 aromatic rings. The van der Waals surface area contributed by atoms with Gasteiger partial charge in [0, 0.05) is 14.8 Å². The van der Waals surface area contributed by atoms with Gasteiger partial charge < -0.3 is 10.1 Å². The smallest absolute Gasteiger partial charge is 0.262 e. The first-order valence-electron chi connectivity index (χ1n) is 8.84. The standard InChI is InChI=1S/C22H16ClN3O2S/c23-15-9-11-16(12-10-15)29-20-8-4-3-7-19(20)25-21(27)14-28-22-13-24-17-5-1-2-6-18(17)26-22/h1-13H,14H2,(H,25,27). The van der Waals surface area contributed by atoms with Gasteiger partial charge in [-0.05, 0) is 48.5 Å². The molecule has 144 valence electrons. The third-order valence-corrected chi connectivity index (χ3v) is 5.32. The second kappa shape index (κ2) is 8.94. The van der Waals surface area contributed by atoms with Gasteiger partial charge in [-0.3, -0.25) is 4.79 Å². The monoisotopic (exact) mass is 421 g/mol. The molecular weight excluding hydrogens is 406 g/mol. The quantitative estimate of drug-likeness (QED) is 0.448. The number of fused-ring (bicyclic) bond motifs is 1. The summed E-state index contributed by atoms with van der Waals surface area (Å²) < 4.78 is 5.51. The summed E-state index contributed by atoms with van der Waals surface area (Å²) in [7, 11) is 0. The fourth-order valence-corrected chi connectivity index (χ4v) is 3.65. The number of anilines is 1. The van der Waals surface area contributed by atoms with Gasteiger partial charge in [0.05, 0.1) is 22.9 Å². The van der Waals surface area contributed by atoms with Gasteiger partial charge in [0.1, 0.15) is 0 Å². The maximum absolute atomic E-state index is 12.4. The van der Waals surface area contributed by atoms with Gasteiger partial charge in [0.25, 0.3) is 5.91 Å². The number of carbonyl (C=O) groups excluding carboxylic acids is 1. The third kappa shape index (κ3) is 5.04. The zero-order valence-electron chi connectivity index (χ0n) is 15.2. The van der Waals surface area contributed by atoms with Crippen LogP contribution in [-0.2, 0) is 4.79 Å². The number of aromatic nitrogens is 2. The second-order valence-electron chi connectivity index (χ2n) is 6.09. The van der Waals surface area contributed by atoms with Crippen molar-refractivity contribution in [2.75, 3.05) is 11.9 Å². The average Bonchev–Trinajstić information content (AvgIpc) is 2.75. The maximum atomic E-state index is 12.4. The zero-order chi connectivity index (χ0) is 20.1. The molecule has 0 atom stereocenters. The minimum atomic E-state index is -0.274. The van der Waals surface area contributed by atoms with Crippen LogP contribution in [0.25, 0.3) is 11.0 Å². The summed E-state index contributed by atoms with van der Waals surface area (Å²) in [5, 5.41) is 3.58. The van der Waals surface area contributed by atoms with Crippen LogP contribution >= 0.6 is 23.4 Å². The lowest BCUT2D eigenvalue weighted by molar-refractivity contribution is -0.118. The largest absolute Gasteiger partial charge is 0.466 e. The highest BCUT2D eigenvalue weighted by molar-refractivity contribution is 7.99. The first-order valence-corrected chi connectivity index (χ1v) is 10.0. The number of rotatable bonds is 6. The summed E-state index contributed by atoms with van der Waals surface area (Å²) in [5.41, 5.74) is 2.21. The van der Waals surface area contributed by atoms with Crippen LogP contribution in [0.15, 0.2) is 88.8 Å². The fourth-order valence-electron chi connectivity index (χ4n) is 2.62. The molecule has 0 bridgehead atoms. The van der Waals surface area contributed by atoms with E-state index in [0.717, 1.165) is 20.8 Å². The molecule has 3 aromatic carbocycles. The molecule has 0 aliphatic heterocycles. The van der Waals surface area contributed by atoms with E-state index in [2.05, 4.69) is 15.3 Å². The second-order valence-corrected chi connectivity index (χ2v) is 7.64. The molecule has 1 heterocycles. The molecule has 0 fully saturated rings. The Hall–Kier alpha value is -3.09. The Morgan fingerprint density at radius 1 is 0.966 bits per heavy atom. The van der Waals surface area contributed by atoms with Crippen LogP contribution in [0, 0.1) is 0 Å². The average molecular weight is 422 g/mol. The van der Waals surface area contributed by atoms with E-state index in [1.54, 1.807) is 11.8 Å². The fraction of sp³-hybridized carbons (Fsp3) is 0.0455. The summed E-state index contributed by atoms with van der Waals surface area (Å²) in [6.45, 7) is -0.160. The van der Waals surface area contributed by atoms with Crippen LogP contribution in [0.3, 0.4) is 0 Å². The number of hydrogen-bond donors (Lipinski definition) is 1. The number of ether oxygens (including phenoxy) is 1. The van der Waals surface area contributed by atoms with E-state index in [1.807, 2.05) is 72.8 Å². The van der Waals surface area contributed by atoms with Crippen LogP contribution in [0.5, 0.6) is 5.88 Å². The molecule has 0 spiro atoms. The summed E-state index contributed by atoms with van der Waals surface area (Å²) in [5.74, 6) is 0.0341. The molecule has 0 aliphatic rings. The summed E-state index contributed by atoms with van der Waals surface area (Å²) in [6.07, 6.45) is 1.51. The van der Waals surface area contributed by atoms with Gasteiger partial charge in [0.2, 0.25) is 5.88 Å². The van der Waals surface area contributed by atoms with E-state index in [-0.39, 0.29) is 12.5 Å². The molecule has 0 radical (unpaired) electrons. The maximum Gasteiger partial charge on any atom is 0.262 e. The van der Waals surface area contributed by atoms with Crippen LogP contribution in [0.4, 0.5) is 5.69 Å². The van der Waals surface area contributed by atoms with E-state index >= 15 is 0 Å². The van der Waals surface area contributed by atoms with Gasteiger partial charge >= 0.3 is 0 Å². The highest BCUT2D eigenvalue weighted by Crippen LogP contribution is 2.33. The van der Waals surface area contributed by atoms with Crippen LogP contribution < -0.4 is 10.1 Å². The van der Waals surface area contributed by atoms with Gasteiger partial charge in [-0.1, -0.05) is 47.6 Å². The van der Waals surface area contributed by atoms with E-state index in [9.17, 15) is 4.79 Å². The van der Waals surface area contributed by atoms with Crippen molar-refractivity contribution in [3.05, 3.63) is 84.0 Å². The summed E-state index contributed by atoms with van der Waals surface area (Å²) >= 11 is 7.49. The molecule has 5 nitrogen and oxygen atoms in total. The normalized spacial score (nSPS) is 10.7. The zero-order valence-corrected chi connectivity index (χ0v) is 16.8. The first-order chi connectivity index (χ1) is 14.2.